The molecule has 5 amide bonds. The van der Waals surface area contributed by atoms with Crippen molar-refractivity contribution in [1.82, 2.24) is 40.0 Å². The van der Waals surface area contributed by atoms with Crippen molar-refractivity contribution in [3.8, 4) is 22.5 Å². The normalized spacial score (nSPS) is 18.2. The average molecular weight is 807 g/mol. The molecule has 60 heavy (non-hydrogen) atoms. The summed E-state index contributed by atoms with van der Waals surface area (Å²) in [5.74, 6) is 0.251. The quantitative estimate of drug-likeness (QED) is 0.139. The first-order valence-electron chi connectivity index (χ1n) is 20.7. The largest absolute Gasteiger partial charge is 0.381 e. The highest BCUT2D eigenvalue weighted by Crippen LogP contribution is 2.38. The van der Waals surface area contributed by atoms with Crippen LogP contribution in [0.5, 0.6) is 0 Å². The van der Waals surface area contributed by atoms with E-state index in [-0.39, 0.29) is 30.0 Å². The molecule has 2 saturated heterocycles. The van der Waals surface area contributed by atoms with Crippen LogP contribution in [0.1, 0.15) is 94.9 Å². The third-order valence-electron chi connectivity index (χ3n) is 12.1. The molecule has 4 aliphatic rings. The highest BCUT2D eigenvalue weighted by molar-refractivity contribution is 6.06. The zero-order chi connectivity index (χ0) is 41.3. The number of carbonyl (C=O) groups excluding carboxylic acids is 5. The Morgan fingerprint density at radius 3 is 2.58 bits per heavy atom. The highest BCUT2D eigenvalue weighted by atomic mass is 16.5. The van der Waals surface area contributed by atoms with Crippen LogP contribution in [0.4, 0.5) is 0 Å². The SMILES string of the molecule is CC(=O)N1CCn2c(C3CCOCC3)nc(-c3cccc4cc(-c5ccc(C(=O)NCCC/C=C\c6cccc7c6CN(C6CCC(=O)NC6=O)C7=O)nc5)ncc34)c2C1. The smallest absolute Gasteiger partial charge is 0.269 e. The highest BCUT2D eigenvalue weighted by Gasteiger charge is 2.39. The van der Waals surface area contributed by atoms with Gasteiger partial charge >= 0.3 is 0 Å². The summed E-state index contributed by atoms with van der Waals surface area (Å²) in [5, 5.41) is 7.27. The second kappa shape index (κ2) is 16.6. The second-order valence-corrected chi connectivity index (χ2v) is 15.8. The van der Waals surface area contributed by atoms with E-state index in [9.17, 15) is 24.0 Å². The van der Waals surface area contributed by atoms with E-state index in [1.807, 2.05) is 53.6 Å². The van der Waals surface area contributed by atoms with Crippen LogP contribution in [0.25, 0.3) is 39.4 Å². The maximum absolute atomic E-state index is 13.1. The first-order chi connectivity index (χ1) is 29.2. The molecule has 0 radical (unpaired) electrons. The maximum Gasteiger partial charge on any atom is 0.269 e. The Morgan fingerprint density at radius 1 is 0.950 bits per heavy atom. The molecule has 0 saturated carbocycles. The van der Waals surface area contributed by atoms with Crippen LogP contribution in [0.3, 0.4) is 0 Å². The van der Waals surface area contributed by atoms with E-state index in [0.717, 1.165) is 88.5 Å². The number of pyridine rings is 2. The number of benzene rings is 2. The van der Waals surface area contributed by atoms with Crippen LogP contribution in [-0.4, -0.2) is 91.2 Å². The molecule has 1 atom stereocenters. The molecule has 2 fully saturated rings. The predicted octanol–water partition coefficient (Wildman–Crippen LogP) is 5.40. The molecule has 2 aromatic carbocycles. The second-order valence-electron chi connectivity index (χ2n) is 15.8. The van der Waals surface area contributed by atoms with Gasteiger partial charge in [0.1, 0.15) is 17.6 Å². The fourth-order valence-electron chi connectivity index (χ4n) is 8.85. The van der Waals surface area contributed by atoms with Gasteiger partial charge in [-0.15, -0.1) is 0 Å². The summed E-state index contributed by atoms with van der Waals surface area (Å²) in [6.07, 6.45) is 11.3. The molecule has 306 valence electrons. The van der Waals surface area contributed by atoms with E-state index < -0.39 is 11.9 Å². The molecule has 14 nitrogen and oxygen atoms in total. The molecule has 0 spiro atoms. The van der Waals surface area contributed by atoms with Gasteiger partial charge in [-0.25, -0.2) is 4.98 Å². The number of nitrogens with zero attached hydrogens (tertiary/aromatic N) is 6. The van der Waals surface area contributed by atoms with E-state index in [0.29, 0.717) is 62.6 Å². The molecular weight excluding hydrogens is 761 g/mol. The van der Waals surface area contributed by atoms with E-state index in [2.05, 4.69) is 32.3 Å². The zero-order valence-electron chi connectivity index (χ0n) is 33.5. The molecule has 0 bridgehead atoms. The van der Waals surface area contributed by atoms with Crippen molar-refractivity contribution in [3.63, 3.8) is 0 Å². The number of ether oxygens (including phenoxy) is 1. The number of fused-ring (bicyclic) bond motifs is 3. The molecule has 1 unspecified atom stereocenters. The number of imide groups is 1. The topological polar surface area (TPSA) is 169 Å². The van der Waals surface area contributed by atoms with Crippen LogP contribution in [0, 0.1) is 0 Å². The van der Waals surface area contributed by atoms with Gasteiger partial charge in [-0.2, -0.15) is 0 Å². The van der Waals surface area contributed by atoms with Crippen LogP contribution in [0.15, 0.2) is 73.1 Å². The van der Waals surface area contributed by atoms with E-state index in [4.69, 9.17) is 14.7 Å². The van der Waals surface area contributed by atoms with Crippen LogP contribution in [-0.2, 0) is 38.8 Å². The van der Waals surface area contributed by atoms with Crippen molar-refractivity contribution in [2.45, 2.75) is 77.0 Å². The van der Waals surface area contributed by atoms with Crippen molar-refractivity contribution in [1.29, 1.82) is 0 Å². The summed E-state index contributed by atoms with van der Waals surface area (Å²) < 4.78 is 7.98. The molecule has 9 rings (SSSR count). The molecule has 14 heteroatoms. The minimum absolute atomic E-state index is 0.0583. The van der Waals surface area contributed by atoms with Gasteiger partial charge in [-0.3, -0.25) is 39.3 Å². The fourth-order valence-corrected chi connectivity index (χ4v) is 8.85. The molecule has 4 aliphatic heterocycles. The number of amides is 5. The average Bonchev–Trinajstić information content (AvgIpc) is 3.82. The molecule has 3 aromatic heterocycles. The standard InChI is InChI=1S/C46H46N8O6/c1-28(55)52-19-20-53-40(27-52)42(51-43(53)30-16-21-60-22-17-30)33-10-6-9-31-23-38(49-25-35(31)33)32-12-13-37(48-24-32)44(57)47-18-4-2-3-7-29-8-5-11-34-36(29)26-54(46(34)59)39-14-15-41(56)50-45(39)58/h3,5-13,23-25,30,39H,2,4,14-22,26-27H2,1H3,(H,47,57)(H,50,56,58)/b7-3-. The fraction of sp³-hybridized carbons (Fsp3) is 0.348. The first-order valence-corrected chi connectivity index (χ1v) is 20.7. The number of hydrogen-bond acceptors (Lipinski definition) is 9. The van der Waals surface area contributed by atoms with E-state index >= 15 is 0 Å². The number of nitrogens with one attached hydrogen (secondary N) is 2. The summed E-state index contributed by atoms with van der Waals surface area (Å²) in [5.41, 5.74) is 7.12. The van der Waals surface area contributed by atoms with Crippen molar-refractivity contribution in [2.24, 2.45) is 0 Å². The third kappa shape index (κ3) is 7.58. The summed E-state index contributed by atoms with van der Waals surface area (Å²) >= 11 is 0. The Bertz CT molecular complexity index is 2560. The number of rotatable bonds is 10. The lowest BCUT2D eigenvalue weighted by atomic mass is 9.99. The Labute approximate surface area is 347 Å². The Balaban J connectivity index is 0.826. The summed E-state index contributed by atoms with van der Waals surface area (Å²) in [4.78, 5) is 80.6. The molecular formula is C46H46N8O6. The number of hydrogen-bond donors (Lipinski definition) is 2. The van der Waals surface area contributed by atoms with Crippen molar-refractivity contribution >= 4 is 46.4 Å². The van der Waals surface area contributed by atoms with Gasteiger partial charge in [0, 0.05) is 93.1 Å². The summed E-state index contributed by atoms with van der Waals surface area (Å²) in [6.45, 7) is 5.75. The van der Waals surface area contributed by atoms with Gasteiger partial charge in [0.05, 0.1) is 23.6 Å². The van der Waals surface area contributed by atoms with Crippen molar-refractivity contribution in [3.05, 3.63) is 107 Å². The summed E-state index contributed by atoms with van der Waals surface area (Å²) in [7, 11) is 0. The van der Waals surface area contributed by atoms with Gasteiger partial charge in [0.15, 0.2) is 0 Å². The van der Waals surface area contributed by atoms with Crippen molar-refractivity contribution < 1.29 is 28.7 Å². The van der Waals surface area contributed by atoms with Gasteiger partial charge in [-0.05, 0) is 72.9 Å². The van der Waals surface area contributed by atoms with Gasteiger partial charge < -0.3 is 24.4 Å². The van der Waals surface area contributed by atoms with Gasteiger partial charge in [-0.1, -0.05) is 42.5 Å². The first kappa shape index (κ1) is 38.9. The van der Waals surface area contributed by atoms with Crippen LogP contribution < -0.4 is 10.6 Å². The predicted molar refractivity (Wildman–Crippen MR) is 223 cm³/mol. The van der Waals surface area contributed by atoms with E-state index in [1.165, 1.54) is 0 Å². The van der Waals surface area contributed by atoms with Crippen molar-refractivity contribution in [2.75, 3.05) is 26.3 Å². The van der Waals surface area contributed by atoms with E-state index in [1.54, 1.807) is 30.2 Å². The lowest BCUT2D eigenvalue weighted by Crippen LogP contribution is -2.52. The molecule has 0 aliphatic carbocycles. The molecule has 5 aromatic rings. The Morgan fingerprint density at radius 2 is 1.78 bits per heavy atom. The number of allylic oxidation sites excluding steroid dienone is 1. The molecule has 2 N–H and O–H groups in total. The Kier molecular flexibility index (Phi) is 10.8. The van der Waals surface area contributed by atoms with Gasteiger partial charge in [0.25, 0.3) is 11.8 Å². The minimum Gasteiger partial charge on any atom is -0.381 e. The monoisotopic (exact) mass is 806 g/mol. The molecule has 7 heterocycles. The number of unbranched alkanes of at least 4 members (excludes halogenated alkanes) is 1. The van der Waals surface area contributed by atoms with Gasteiger partial charge in [0.2, 0.25) is 17.7 Å². The number of piperidine rings is 1. The lowest BCUT2D eigenvalue weighted by molar-refractivity contribution is -0.137. The third-order valence-corrected chi connectivity index (χ3v) is 12.1. The van der Waals surface area contributed by atoms with Crippen LogP contribution >= 0.6 is 0 Å². The number of carbonyl (C=O) groups is 5. The zero-order valence-corrected chi connectivity index (χ0v) is 33.5. The Hall–Kier alpha value is -6.54. The summed E-state index contributed by atoms with van der Waals surface area (Å²) in [6, 6.07) is 16.7. The maximum atomic E-state index is 13.1. The van der Waals surface area contributed by atoms with Crippen LogP contribution in [0.2, 0.25) is 0 Å². The number of imidazole rings is 1. The lowest BCUT2D eigenvalue weighted by Gasteiger charge is -2.30. The minimum atomic E-state index is -0.655. The number of aromatic nitrogens is 4.